The van der Waals surface area contributed by atoms with Crippen molar-refractivity contribution in [3.8, 4) is 5.75 Å². The third-order valence-electron chi connectivity index (χ3n) is 2.84. The zero-order valence-corrected chi connectivity index (χ0v) is 12.7. The normalized spacial score (nSPS) is 10.2. The minimum Gasteiger partial charge on any atom is -0.486 e. The van der Waals surface area contributed by atoms with Gasteiger partial charge in [-0.15, -0.1) is 0 Å². The quantitative estimate of drug-likeness (QED) is 0.494. The summed E-state index contributed by atoms with van der Waals surface area (Å²) in [5.74, 6) is 4.56. The van der Waals surface area contributed by atoms with Crippen LogP contribution in [0.4, 0.5) is 4.39 Å². The minimum atomic E-state index is -0.408. The van der Waals surface area contributed by atoms with E-state index in [2.05, 4.69) is 21.4 Å². The second-order valence-corrected chi connectivity index (χ2v) is 5.34. The molecule has 0 aliphatic heterocycles. The number of rotatable bonds is 5. The molecule has 0 atom stereocenters. The van der Waals surface area contributed by atoms with E-state index in [1.807, 2.05) is 24.3 Å². The van der Waals surface area contributed by atoms with Crippen molar-refractivity contribution in [2.75, 3.05) is 0 Å². The van der Waals surface area contributed by atoms with Gasteiger partial charge < -0.3 is 4.74 Å². The Kier molecular flexibility index (Phi) is 5.30. The van der Waals surface area contributed by atoms with Gasteiger partial charge in [-0.05, 0) is 29.3 Å². The van der Waals surface area contributed by atoms with E-state index in [0.29, 0.717) is 0 Å². The second kappa shape index (κ2) is 7.19. The fourth-order valence-corrected chi connectivity index (χ4v) is 2.08. The summed E-state index contributed by atoms with van der Waals surface area (Å²) in [5.41, 5.74) is 3.80. The predicted octanol–water partition coefficient (Wildman–Crippen LogP) is 2.70. The largest absolute Gasteiger partial charge is 0.486 e. The molecular weight excluding hydrogens is 339 g/mol. The molecule has 0 fully saturated rings. The van der Waals surface area contributed by atoms with Crippen LogP contribution in [0.25, 0.3) is 0 Å². The van der Waals surface area contributed by atoms with Crippen LogP contribution in [-0.2, 0) is 17.8 Å². The number of benzene rings is 2. The lowest BCUT2D eigenvalue weighted by Crippen LogP contribution is -2.31. The maximum absolute atomic E-state index is 13.5. The van der Waals surface area contributed by atoms with Gasteiger partial charge in [-0.1, -0.05) is 40.2 Å². The monoisotopic (exact) mass is 352 g/mol. The Morgan fingerprint density at radius 1 is 1.19 bits per heavy atom. The Labute approximate surface area is 130 Å². The molecule has 0 aliphatic carbocycles. The molecule has 110 valence electrons. The van der Waals surface area contributed by atoms with Crippen LogP contribution < -0.4 is 16.0 Å². The van der Waals surface area contributed by atoms with Crippen molar-refractivity contribution in [1.82, 2.24) is 5.43 Å². The molecule has 0 aromatic heterocycles. The topological polar surface area (TPSA) is 64.3 Å². The lowest BCUT2D eigenvalue weighted by atomic mass is 10.1. The number of amides is 1. The average Bonchev–Trinajstić information content (AvgIpc) is 2.49. The average molecular weight is 353 g/mol. The lowest BCUT2D eigenvalue weighted by Gasteiger charge is -2.08. The molecule has 21 heavy (non-hydrogen) atoms. The van der Waals surface area contributed by atoms with Crippen molar-refractivity contribution in [2.24, 2.45) is 5.84 Å². The number of hydrogen-bond acceptors (Lipinski definition) is 3. The van der Waals surface area contributed by atoms with Crippen LogP contribution in [0.5, 0.6) is 5.75 Å². The highest BCUT2D eigenvalue weighted by atomic mass is 79.9. The van der Waals surface area contributed by atoms with Crippen LogP contribution in [0.15, 0.2) is 46.9 Å². The summed E-state index contributed by atoms with van der Waals surface area (Å²) in [6.07, 6.45) is 0.220. The molecule has 2 aromatic carbocycles. The molecule has 0 bridgehead atoms. The van der Waals surface area contributed by atoms with E-state index in [1.54, 1.807) is 12.1 Å². The second-order valence-electron chi connectivity index (χ2n) is 4.42. The Hall–Kier alpha value is -1.92. The molecule has 0 spiro atoms. The number of ether oxygens (including phenoxy) is 1. The van der Waals surface area contributed by atoms with Gasteiger partial charge in [-0.3, -0.25) is 10.2 Å². The first-order chi connectivity index (χ1) is 10.1. The van der Waals surface area contributed by atoms with Crippen molar-refractivity contribution < 1.29 is 13.9 Å². The standard InChI is InChI=1S/C15H14BrFN2O2/c16-12-5-6-13(17)14(8-12)21-9-11-3-1-10(2-4-11)7-15(20)19-18/h1-6,8H,7,9,18H2,(H,19,20). The van der Waals surface area contributed by atoms with E-state index in [0.717, 1.165) is 15.6 Å². The summed E-state index contributed by atoms with van der Waals surface area (Å²) in [5, 5.41) is 0. The molecule has 0 unspecified atom stereocenters. The molecule has 4 nitrogen and oxygen atoms in total. The summed E-state index contributed by atoms with van der Waals surface area (Å²) in [6, 6.07) is 11.8. The number of hydrazine groups is 1. The molecule has 2 rings (SSSR count). The van der Waals surface area contributed by atoms with E-state index < -0.39 is 5.82 Å². The fourth-order valence-electron chi connectivity index (χ4n) is 1.74. The predicted molar refractivity (Wildman–Crippen MR) is 80.9 cm³/mol. The third kappa shape index (κ3) is 4.54. The van der Waals surface area contributed by atoms with Gasteiger partial charge in [0.05, 0.1) is 6.42 Å². The van der Waals surface area contributed by atoms with Crippen molar-refractivity contribution in [2.45, 2.75) is 13.0 Å². The van der Waals surface area contributed by atoms with Gasteiger partial charge in [0.1, 0.15) is 6.61 Å². The van der Waals surface area contributed by atoms with Crippen molar-refractivity contribution >= 4 is 21.8 Å². The maximum atomic E-state index is 13.5. The number of nitrogens with one attached hydrogen (secondary N) is 1. The van der Waals surface area contributed by atoms with Crippen LogP contribution in [0.3, 0.4) is 0 Å². The van der Waals surface area contributed by atoms with E-state index >= 15 is 0 Å². The Morgan fingerprint density at radius 3 is 2.52 bits per heavy atom. The molecule has 2 aromatic rings. The molecule has 0 heterocycles. The summed E-state index contributed by atoms with van der Waals surface area (Å²) >= 11 is 3.27. The first-order valence-corrected chi connectivity index (χ1v) is 7.03. The highest BCUT2D eigenvalue weighted by molar-refractivity contribution is 9.10. The van der Waals surface area contributed by atoms with Gasteiger partial charge in [0.25, 0.3) is 0 Å². The van der Waals surface area contributed by atoms with Gasteiger partial charge in [-0.2, -0.15) is 0 Å². The molecule has 0 aliphatic rings. The van der Waals surface area contributed by atoms with E-state index in [9.17, 15) is 9.18 Å². The van der Waals surface area contributed by atoms with Crippen LogP contribution in [0.1, 0.15) is 11.1 Å². The van der Waals surface area contributed by atoms with Crippen molar-refractivity contribution in [3.05, 3.63) is 63.9 Å². The smallest absolute Gasteiger partial charge is 0.238 e. The van der Waals surface area contributed by atoms with Gasteiger partial charge in [-0.25, -0.2) is 10.2 Å². The zero-order chi connectivity index (χ0) is 15.2. The highest BCUT2D eigenvalue weighted by Gasteiger charge is 2.05. The molecular formula is C15H14BrFN2O2. The summed E-state index contributed by atoms with van der Waals surface area (Å²) in [7, 11) is 0. The first kappa shape index (κ1) is 15.5. The van der Waals surface area contributed by atoms with E-state index in [1.165, 1.54) is 6.07 Å². The SMILES string of the molecule is NNC(=O)Cc1ccc(COc2cc(Br)ccc2F)cc1. The van der Waals surface area contributed by atoms with Crippen LogP contribution in [0, 0.1) is 5.82 Å². The third-order valence-corrected chi connectivity index (χ3v) is 3.33. The Morgan fingerprint density at radius 2 is 1.86 bits per heavy atom. The van der Waals surface area contributed by atoms with Gasteiger partial charge >= 0.3 is 0 Å². The van der Waals surface area contributed by atoms with E-state index in [-0.39, 0.29) is 24.7 Å². The first-order valence-electron chi connectivity index (χ1n) is 6.23. The molecule has 1 amide bonds. The van der Waals surface area contributed by atoms with Gasteiger partial charge in [0.2, 0.25) is 5.91 Å². The molecule has 3 N–H and O–H groups in total. The van der Waals surface area contributed by atoms with Crippen molar-refractivity contribution in [3.63, 3.8) is 0 Å². The number of carbonyl (C=O) groups is 1. The fraction of sp³-hybridized carbons (Fsp3) is 0.133. The number of halogens is 2. The summed E-state index contributed by atoms with van der Waals surface area (Å²) < 4.78 is 19.7. The van der Waals surface area contributed by atoms with Gasteiger partial charge in [0.15, 0.2) is 11.6 Å². The van der Waals surface area contributed by atoms with E-state index in [4.69, 9.17) is 10.6 Å². The van der Waals surface area contributed by atoms with Crippen LogP contribution in [-0.4, -0.2) is 5.91 Å². The molecule has 0 radical (unpaired) electrons. The Bertz CT molecular complexity index is 632. The number of hydrogen-bond donors (Lipinski definition) is 2. The maximum Gasteiger partial charge on any atom is 0.238 e. The molecule has 0 saturated heterocycles. The number of nitrogens with two attached hydrogens (primary N) is 1. The van der Waals surface area contributed by atoms with Crippen LogP contribution in [0.2, 0.25) is 0 Å². The summed E-state index contributed by atoms with van der Waals surface area (Å²) in [6.45, 7) is 0.247. The van der Waals surface area contributed by atoms with Gasteiger partial charge in [0, 0.05) is 4.47 Å². The molecule has 6 heteroatoms. The Balaban J connectivity index is 1.97. The van der Waals surface area contributed by atoms with Crippen molar-refractivity contribution in [1.29, 1.82) is 0 Å². The van der Waals surface area contributed by atoms with Crippen LogP contribution >= 0.6 is 15.9 Å². The summed E-state index contributed by atoms with van der Waals surface area (Å²) in [4.78, 5) is 11.1. The zero-order valence-electron chi connectivity index (χ0n) is 11.1. The number of carbonyl (C=O) groups excluding carboxylic acids is 1. The minimum absolute atomic E-state index is 0.191. The molecule has 0 saturated carbocycles. The lowest BCUT2D eigenvalue weighted by molar-refractivity contribution is -0.120. The highest BCUT2D eigenvalue weighted by Crippen LogP contribution is 2.23.